The second-order valence-corrected chi connectivity index (χ2v) is 5.30. The van der Waals surface area contributed by atoms with Gasteiger partial charge in [-0.3, -0.25) is 4.79 Å². The van der Waals surface area contributed by atoms with Crippen LogP contribution in [0.15, 0.2) is 18.2 Å². The minimum Gasteiger partial charge on any atom is -0.333 e. The van der Waals surface area contributed by atoms with E-state index in [-0.39, 0.29) is 23.8 Å². The summed E-state index contributed by atoms with van der Waals surface area (Å²) in [7, 11) is 0. The van der Waals surface area contributed by atoms with Crippen molar-refractivity contribution in [1.82, 2.24) is 4.90 Å². The molecule has 2 nitrogen and oxygen atoms in total. The number of hydrogen-bond donors (Lipinski definition) is 0. The van der Waals surface area contributed by atoms with E-state index >= 15 is 0 Å². The molecule has 0 spiro atoms. The molecule has 1 amide bonds. The standard InChI is InChI=1S/C15H20FNO/c1-10-9-13(16)7-8-14(10)15(18)17-11(2)5-4-6-12(17)3/h7-9,11-12H,4-6H2,1-3H3. The van der Waals surface area contributed by atoms with Crippen molar-refractivity contribution in [1.29, 1.82) is 0 Å². The third-order valence-electron chi connectivity index (χ3n) is 3.85. The van der Waals surface area contributed by atoms with Gasteiger partial charge in [0.25, 0.3) is 5.91 Å². The number of piperidine rings is 1. The number of rotatable bonds is 1. The highest BCUT2D eigenvalue weighted by atomic mass is 19.1. The molecule has 2 unspecified atom stereocenters. The average Bonchev–Trinajstić information content (AvgIpc) is 2.28. The summed E-state index contributed by atoms with van der Waals surface area (Å²) >= 11 is 0. The molecule has 0 bridgehead atoms. The van der Waals surface area contributed by atoms with E-state index in [1.807, 2.05) is 4.90 Å². The molecule has 0 saturated carbocycles. The zero-order valence-corrected chi connectivity index (χ0v) is 11.2. The molecule has 1 heterocycles. The molecule has 0 N–H and O–H groups in total. The highest BCUT2D eigenvalue weighted by molar-refractivity contribution is 5.96. The SMILES string of the molecule is Cc1cc(F)ccc1C(=O)N1C(C)CCCC1C. The molecule has 2 atom stereocenters. The molecule has 0 aromatic heterocycles. The predicted octanol–water partition coefficient (Wildman–Crippen LogP) is 3.54. The number of carbonyl (C=O) groups excluding carboxylic acids is 1. The fraction of sp³-hybridized carbons (Fsp3) is 0.533. The Kier molecular flexibility index (Phi) is 3.69. The Bertz CT molecular complexity index is 448. The summed E-state index contributed by atoms with van der Waals surface area (Å²) in [6, 6.07) is 4.92. The zero-order chi connectivity index (χ0) is 13.3. The monoisotopic (exact) mass is 249 g/mol. The van der Waals surface area contributed by atoms with Crippen molar-refractivity contribution in [3.8, 4) is 0 Å². The summed E-state index contributed by atoms with van der Waals surface area (Å²) in [5.74, 6) is -0.254. The summed E-state index contributed by atoms with van der Waals surface area (Å²) in [5, 5.41) is 0. The molecule has 98 valence electrons. The number of halogens is 1. The first-order valence-corrected chi connectivity index (χ1v) is 6.59. The first-order chi connectivity index (χ1) is 8.50. The molecule has 18 heavy (non-hydrogen) atoms. The average molecular weight is 249 g/mol. The first-order valence-electron chi connectivity index (χ1n) is 6.59. The van der Waals surface area contributed by atoms with E-state index in [2.05, 4.69) is 13.8 Å². The highest BCUT2D eigenvalue weighted by Gasteiger charge is 2.30. The largest absolute Gasteiger partial charge is 0.333 e. The van der Waals surface area contributed by atoms with Crippen LogP contribution < -0.4 is 0 Å². The molecule has 1 saturated heterocycles. The van der Waals surface area contributed by atoms with Gasteiger partial charge < -0.3 is 4.90 Å². The molecule has 2 rings (SSSR count). The van der Waals surface area contributed by atoms with Crippen LogP contribution in [0.2, 0.25) is 0 Å². The minimum absolute atomic E-state index is 0.0344. The molecule has 1 fully saturated rings. The summed E-state index contributed by atoms with van der Waals surface area (Å²) in [6.45, 7) is 5.97. The maximum Gasteiger partial charge on any atom is 0.254 e. The number of amides is 1. The Morgan fingerprint density at radius 1 is 1.28 bits per heavy atom. The van der Waals surface area contributed by atoms with Crippen LogP contribution in [0.4, 0.5) is 4.39 Å². The van der Waals surface area contributed by atoms with Crippen molar-refractivity contribution >= 4 is 5.91 Å². The number of aryl methyl sites for hydroxylation is 1. The maximum absolute atomic E-state index is 13.1. The van der Waals surface area contributed by atoms with E-state index in [9.17, 15) is 9.18 Å². The number of likely N-dealkylation sites (tertiary alicyclic amines) is 1. The quantitative estimate of drug-likeness (QED) is 0.745. The maximum atomic E-state index is 13.1. The van der Waals surface area contributed by atoms with Crippen molar-refractivity contribution in [2.45, 2.75) is 52.1 Å². The smallest absolute Gasteiger partial charge is 0.254 e. The lowest BCUT2D eigenvalue weighted by atomic mass is 9.95. The summed E-state index contributed by atoms with van der Waals surface area (Å²) in [5.41, 5.74) is 1.34. The highest BCUT2D eigenvalue weighted by Crippen LogP contribution is 2.25. The third kappa shape index (κ3) is 2.40. The van der Waals surface area contributed by atoms with Crippen LogP contribution in [0, 0.1) is 12.7 Å². The topological polar surface area (TPSA) is 20.3 Å². The zero-order valence-electron chi connectivity index (χ0n) is 11.2. The molecule has 1 aliphatic heterocycles. The van der Waals surface area contributed by atoms with Gasteiger partial charge >= 0.3 is 0 Å². The molecule has 0 radical (unpaired) electrons. The van der Waals surface area contributed by atoms with Crippen LogP contribution in [0.5, 0.6) is 0 Å². The predicted molar refractivity (Wildman–Crippen MR) is 70.1 cm³/mol. The van der Waals surface area contributed by atoms with Gasteiger partial charge in [-0.25, -0.2) is 4.39 Å². The van der Waals surface area contributed by atoms with Gasteiger partial charge in [-0.2, -0.15) is 0 Å². The summed E-state index contributed by atoms with van der Waals surface area (Å²) in [4.78, 5) is 14.5. The van der Waals surface area contributed by atoms with Crippen molar-refractivity contribution in [3.63, 3.8) is 0 Å². The number of nitrogens with zero attached hydrogens (tertiary/aromatic N) is 1. The van der Waals surface area contributed by atoms with Crippen molar-refractivity contribution in [3.05, 3.63) is 35.1 Å². The van der Waals surface area contributed by atoms with Gasteiger partial charge in [0.05, 0.1) is 0 Å². The Balaban J connectivity index is 2.29. The Hall–Kier alpha value is -1.38. The van der Waals surface area contributed by atoms with Gasteiger partial charge in [0.15, 0.2) is 0 Å². The van der Waals surface area contributed by atoms with Gasteiger partial charge in [0, 0.05) is 17.6 Å². The lowest BCUT2D eigenvalue weighted by Crippen LogP contribution is -2.47. The lowest BCUT2D eigenvalue weighted by molar-refractivity contribution is 0.0510. The van der Waals surface area contributed by atoms with Crippen LogP contribution in [-0.2, 0) is 0 Å². The third-order valence-corrected chi connectivity index (χ3v) is 3.85. The number of benzene rings is 1. The van der Waals surface area contributed by atoms with E-state index in [0.717, 1.165) is 12.8 Å². The van der Waals surface area contributed by atoms with Crippen molar-refractivity contribution in [2.24, 2.45) is 0 Å². The Labute approximate surface area is 108 Å². The van der Waals surface area contributed by atoms with Crippen LogP contribution in [-0.4, -0.2) is 22.9 Å². The van der Waals surface area contributed by atoms with Crippen LogP contribution in [0.1, 0.15) is 49.0 Å². The first kappa shape index (κ1) is 13.1. The van der Waals surface area contributed by atoms with Crippen LogP contribution in [0.25, 0.3) is 0 Å². The van der Waals surface area contributed by atoms with Gasteiger partial charge in [-0.1, -0.05) is 0 Å². The van der Waals surface area contributed by atoms with Gasteiger partial charge in [-0.15, -0.1) is 0 Å². The summed E-state index contributed by atoms with van der Waals surface area (Å²) in [6.07, 6.45) is 3.28. The minimum atomic E-state index is -0.288. The second kappa shape index (κ2) is 5.09. The van der Waals surface area contributed by atoms with Crippen molar-refractivity contribution < 1.29 is 9.18 Å². The van der Waals surface area contributed by atoms with Crippen molar-refractivity contribution in [2.75, 3.05) is 0 Å². The number of carbonyl (C=O) groups is 1. The molecular formula is C15H20FNO. The second-order valence-electron chi connectivity index (χ2n) is 5.30. The molecule has 1 aromatic rings. The normalized spacial score (nSPS) is 24.1. The molecular weight excluding hydrogens is 229 g/mol. The Morgan fingerprint density at radius 2 is 1.89 bits per heavy atom. The van der Waals surface area contributed by atoms with Crippen LogP contribution >= 0.6 is 0 Å². The van der Waals surface area contributed by atoms with Gasteiger partial charge in [0.1, 0.15) is 5.82 Å². The Morgan fingerprint density at radius 3 is 2.44 bits per heavy atom. The number of hydrogen-bond acceptors (Lipinski definition) is 1. The van der Waals surface area contributed by atoms with E-state index in [1.54, 1.807) is 13.0 Å². The lowest BCUT2D eigenvalue weighted by Gasteiger charge is -2.39. The van der Waals surface area contributed by atoms with E-state index in [1.165, 1.54) is 18.6 Å². The van der Waals surface area contributed by atoms with Gasteiger partial charge in [0.2, 0.25) is 0 Å². The molecule has 1 aliphatic rings. The molecule has 3 heteroatoms. The van der Waals surface area contributed by atoms with E-state index in [4.69, 9.17) is 0 Å². The van der Waals surface area contributed by atoms with Crippen LogP contribution in [0.3, 0.4) is 0 Å². The van der Waals surface area contributed by atoms with Gasteiger partial charge in [-0.05, 0) is 63.8 Å². The fourth-order valence-electron chi connectivity index (χ4n) is 2.83. The van der Waals surface area contributed by atoms with E-state index in [0.29, 0.717) is 11.1 Å². The summed E-state index contributed by atoms with van der Waals surface area (Å²) < 4.78 is 13.1. The molecule has 0 aliphatic carbocycles. The molecule has 1 aromatic carbocycles. The van der Waals surface area contributed by atoms with E-state index < -0.39 is 0 Å². The fourth-order valence-corrected chi connectivity index (χ4v) is 2.83.